The first-order chi connectivity index (χ1) is 11.7. The van der Waals surface area contributed by atoms with E-state index < -0.39 is 0 Å². The molecule has 3 aromatic rings. The summed E-state index contributed by atoms with van der Waals surface area (Å²) in [6, 6.07) is 13.6. The number of hydrogen-bond donors (Lipinski definition) is 1. The Kier molecular flexibility index (Phi) is 4.91. The van der Waals surface area contributed by atoms with Gasteiger partial charge in [-0.15, -0.1) is 0 Å². The minimum Gasteiger partial charge on any atom is -0.467 e. The second-order valence-electron chi connectivity index (χ2n) is 5.54. The number of carbonyl (C=O) groups is 1. The van der Waals surface area contributed by atoms with Gasteiger partial charge in [0.25, 0.3) is 0 Å². The lowest BCUT2D eigenvalue weighted by Gasteiger charge is -2.08. The molecule has 5 nitrogen and oxygen atoms in total. The average molecular weight is 321 g/mol. The molecule has 0 bridgehead atoms. The van der Waals surface area contributed by atoms with Gasteiger partial charge in [0.1, 0.15) is 5.76 Å². The molecule has 0 aliphatic rings. The van der Waals surface area contributed by atoms with Gasteiger partial charge in [0.2, 0.25) is 5.91 Å². The zero-order valence-corrected chi connectivity index (χ0v) is 13.4. The molecule has 5 heteroatoms. The fraction of sp³-hybridized carbons (Fsp3) is 0.158. The lowest BCUT2D eigenvalue weighted by molar-refractivity contribution is -0.117. The summed E-state index contributed by atoms with van der Waals surface area (Å²) < 4.78 is 7.11. The van der Waals surface area contributed by atoms with Crippen LogP contribution in [0.3, 0.4) is 0 Å². The van der Waals surface area contributed by atoms with Gasteiger partial charge in [-0.25, -0.2) is 0 Å². The summed E-state index contributed by atoms with van der Waals surface area (Å²) in [5, 5.41) is 7.16. The van der Waals surface area contributed by atoms with Crippen LogP contribution in [0.2, 0.25) is 0 Å². The molecule has 122 valence electrons. The summed E-state index contributed by atoms with van der Waals surface area (Å²) >= 11 is 0. The Bertz CT molecular complexity index is 804. The van der Waals surface area contributed by atoms with E-state index in [-0.39, 0.29) is 11.9 Å². The van der Waals surface area contributed by atoms with Gasteiger partial charge in [0.15, 0.2) is 0 Å². The fourth-order valence-electron chi connectivity index (χ4n) is 2.36. The molecule has 1 amide bonds. The molecule has 1 atom stereocenters. The van der Waals surface area contributed by atoms with Crippen LogP contribution < -0.4 is 5.32 Å². The number of nitrogens with one attached hydrogen (secondary N) is 1. The molecule has 0 radical (unpaired) electrons. The van der Waals surface area contributed by atoms with Crippen molar-refractivity contribution < 1.29 is 9.21 Å². The molecule has 0 spiro atoms. The second kappa shape index (κ2) is 7.46. The molecular weight excluding hydrogens is 302 g/mol. The second-order valence-corrected chi connectivity index (χ2v) is 5.54. The van der Waals surface area contributed by atoms with Crippen LogP contribution in [0.1, 0.15) is 29.9 Å². The highest BCUT2D eigenvalue weighted by molar-refractivity contribution is 5.91. The maximum absolute atomic E-state index is 12.0. The smallest absolute Gasteiger partial charge is 0.244 e. The molecule has 0 fully saturated rings. The zero-order valence-electron chi connectivity index (χ0n) is 13.4. The van der Waals surface area contributed by atoms with E-state index in [0.717, 1.165) is 11.3 Å². The maximum atomic E-state index is 12.0. The van der Waals surface area contributed by atoms with E-state index in [9.17, 15) is 4.79 Å². The predicted octanol–water partition coefficient (Wildman–Crippen LogP) is 3.42. The van der Waals surface area contributed by atoms with Crippen molar-refractivity contribution in [2.45, 2.75) is 19.5 Å². The number of aromatic nitrogens is 2. The quantitative estimate of drug-likeness (QED) is 0.708. The van der Waals surface area contributed by atoms with Crippen molar-refractivity contribution in [1.82, 2.24) is 15.1 Å². The predicted molar refractivity (Wildman–Crippen MR) is 92.1 cm³/mol. The molecule has 0 saturated heterocycles. The van der Waals surface area contributed by atoms with Crippen LogP contribution in [-0.4, -0.2) is 15.7 Å². The van der Waals surface area contributed by atoms with Crippen LogP contribution in [0, 0.1) is 0 Å². The molecule has 2 aromatic heterocycles. The lowest BCUT2D eigenvalue weighted by Crippen LogP contribution is -2.24. The molecule has 0 unspecified atom stereocenters. The lowest BCUT2D eigenvalue weighted by atomic mass is 10.2. The van der Waals surface area contributed by atoms with Gasteiger partial charge in [0.05, 0.1) is 25.0 Å². The van der Waals surface area contributed by atoms with Gasteiger partial charge in [-0.1, -0.05) is 30.3 Å². The van der Waals surface area contributed by atoms with Crippen molar-refractivity contribution >= 4 is 12.0 Å². The van der Waals surface area contributed by atoms with Crippen molar-refractivity contribution in [3.8, 4) is 0 Å². The fourth-order valence-corrected chi connectivity index (χ4v) is 2.36. The highest BCUT2D eigenvalue weighted by atomic mass is 16.3. The summed E-state index contributed by atoms with van der Waals surface area (Å²) in [5.41, 5.74) is 2.06. The number of rotatable bonds is 6. The molecular formula is C19H19N3O2. The molecule has 0 aliphatic heterocycles. The zero-order chi connectivity index (χ0) is 16.8. The summed E-state index contributed by atoms with van der Waals surface area (Å²) in [5.74, 6) is 0.558. The normalized spacial score (nSPS) is 12.4. The van der Waals surface area contributed by atoms with E-state index in [1.54, 1.807) is 24.6 Å². The standard InChI is InChI=1S/C19H19N3O2/c1-15(18-8-5-11-24-18)21-19(23)10-9-17-12-20-22(14-17)13-16-6-3-2-4-7-16/h2-12,14-15H,13H2,1H3,(H,21,23)/b10-9+/t15-/m1/s1. The van der Waals surface area contributed by atoms with Crippen molar-refractivity contribution in [1.29, 1.82) is 0 Å². The highest BCUT2D eigenvalue weighted by Crippen LogP contribution is 2.12. The van der Waals surface area contributed by atoms with Gasteiger partial charge in [0, 0.05) is 17.8 Å². The van der Waals surface area contributed by atoms with Gasteiger partial charge in [-0.05, 0) is 30.7 Å². The minimum atomic E-state index is -0.172. The van der Waals surface area contributed by atoms with Crippen LogP contribution in [0.25, 0.3) is 6.08 Å². The van der Waals surface area contributed by atoms with Gasteiger partial charge >= 0.3 is 0 Å². The van der Waals surface area contributed by atoms with E-state index in [4.69, 9.17) is 4.42 Å². The SMILES string of the molecule is C[C@@H](NC(=O)/C=C/c1cnn(Cc2ccccc2)c1)c1ccco1. The maximum Gasteiger partial charge on any atom is 0.244 e. The summed E-state index contributed by atoms with van der Waals surface area (Å²) in [6.45, 7) is 2.58. The number of furan rings is 1. The topological polar surface area (TPSA) is 60.1 Å². The highest BCUT2D eigenvalue weighted by Gasteiger charge is 2.09. The number of amides is 1. The minimum absolute atomic E-state index is 0.169. The number of benzene rings is 1. The van der Waals surface area contributed by atoms with Crippen molar-refractivity contribution in [2.24, 2.45) is 0 Å². The van der Waals surface area contributed by atoms with E-state index in [1.165, 1.54) is 11.6 Å². The first-order valence-electron chi connectivity index (χ1n) is 7.79. The monoisotopic (exact) mass is 321 g/mol. The van der Waals surface area contributed by atoms with Crippen LogP contribution in [0.5, 0.6) is 0 Å². The summed E-state index contributed by atoms with van der Waals surface area (Å²) in [6.07, 6.45) is 8.49. The Labute approximate surface area is 140 Å². The van der Waals surface area contributed by atoms with Crippen LogP contribution in [0.15, 0.2) is 71.6 Å². The van der Waals surface area contributed by atoms with Crippen LogP contribution >= 0.6 is 0 Å². The van der Waals surface area contributed by atoms with Gasteiger partial charge < -0.3 is 9.73 Å². The van der Waals surface area contributed by atoms with Crippen LogP contribution in [0.4, 0.5) is 0 Å². The molecule has 1 N–H and O–H groups in total. The van der Waals surface area contributed by atoms with Crippen molar-refractivity contribution in [3.05, 3.63) is 84.1 Å². The Morgan fingerprint density at radius 1 is 1.29 bits per heavy atom. The third kappa shape index (κ3) is 4.23. The molecule has 0 saturated carbocycles. The average Bonchev–Trinajstić information content (AvgIpc) is 3.26. The van der Waals surface area contributed by atoms with E-state index in [2.05, 4.69) is 22.5 Å². The third-order valence-corrected chi connectivity index (χ3v) is 3.60. The Morgan fingerprint density at radius 3 is 2.88 bits per heavy atom. The molecule has 2 heterocycles. The van der Waals surface area contributed by atoms with Crippen molar-refractivity contribution in [3.63, 3.8) is 0 Å². The summed E-state index contributed by atoms with van der Waals surface area (Å²) in [4.78, 5) is 12.0. The largest absolute Gasteiger partial charge is 0.467 e. The third-order valence-electron chi connectivity index (χ3n) is 3.60. The molecule has 0 aliphatic carbocycles. The van der Waals surface area contributed by atoms with E-state index in [0.29, 0.717) is 6.54 Å². The Balaban J connectivity index is 1.56. The number of nitrogens with zero attached hydrogens (tertiary/aromatic N) is 2. The van der Waals surface area contributed by atoms with Gasteiger partial charge in [-0.2, -0.15) is 5.10 Å². The first kappa shape index (κ1) is 15.8. The van der Waals surface area contributed by atoms with E-state index >= 15 is 0 Å². The summed E-state index contributed by atoms with van der Waals surface area (Å²) in [7, 11) is 0. The Hall–Kier alpha value is -3.08. The molecule has 24 heavy (non-hydrogen) atoms. The first-order valence-corrected chi connectivity index (χ1v) is 7.79. The number of hydrogen-bond acceptors (Lipinski definition) is 3. The molecule has 3 rings (SSSR count). The van der Waals surface area contributed by atoms with Crippen molar-refractivity contribution in [2.75, 3.05) is 0 Å². The Morgan fingerprint density at radius 2 is 2.12 bits per heavy atom. The number of carbonyl (C=O) groups excluding carboxylic acids is 1. The van der Waals surface area contributed by atoms with Crippen LogP contribution in [-0.2, 0) is 11.3 Å². The van der Waals surface area contributed by atoms with Gasteiger partial charge in [-0.3, -0.25) is 9.48 Å². The van der Waals surface area contributed by atoms with E-state index in [1.807, 2.05) is 42.1 Å². The molecule has 1 aromatic carbocycles.